The fourth-order valence-corrected chi connectivity index (χ4v) is 3.08. The van der Waals surface area contributed by atoms with E-state index >= 15 is 0 Å². The average molecular weight is 241 g/mol. The summed E-state index contributed by atoms with van der Waals surface area (Å²) in [6.07, 6.45) is 0. The van der Waals surface area contributed by atoms with Crippen LogP contribution in [0.2, 0.25) is 0 Å². The van der Waals surface area contributed by atoms with E-state index in [-0.39, 0.29) is 18.0 Å². The van der Waals surface area contributed by atoms with Crippen LogP contribution in [0.25, 0.3) is 0 Å². The van der Waals surface area contributed by atoms with Crippen molar-refractivity contribution in [1.82, 2.24) is 4.31 Å². The van der Waals surface area contributed by atoms with Gasteiger partial charge in [0, 0.05) is 13.1 Å². The third-order valence-corrected chi connectivity index (χ3v) is 4.42. The van der Waals surface area contributed by atoms with Crippen LogP contribution in [0.5, 0.6) is 0 Å². The molecule has 0 bridgehead atoms. The summed E-state index contributed by atoms with van der Waals surface area (Å²) in [6, 6.07) is 8.02. The molecule has 0 saturated carbocycles. The van der Waals surface area contributed by atoms with Crippen molar-refractivity contribution in [2.24, 2.45) is 5.92 Å². The maximum atomic E-state index is 11.9. The third kappa shape index (κ3) is 1.81. The van der Waals surface area contributed by atoms with Gasteiger partial charge in [-0.1, -0.05) is 18.2 Å². The molecule has 16 heavy (non-hydrogen) atoms. The van der Waals surface area contributed by atoms with Crippen LogP contribution in [0, 0.1) is 5.92 Å². The summed E-state index contributed by atoms with van der Waals surface area (Å²) in [5.74, 6) is -1.52. The van der Waals surface area contributed by atoms with Gasteiger partial charge in [-0.15, -0.1) is 0 Å². The number of hydrogen-bond acceptors (Lipinski definition) is 3. The number of nitrogens with zero attached hydrogens (tertiary/aromatic N) is 1. The van der Waals surface area contributed by atoms with Gasteiger partial charge < -0.3 is 5.11 Å². The monoisotopic (exact) mass is 241 g/mol. The van der Waals surface area contributed by atoms with Crippen molar-refractivity contribution in [3.8, 4) is 0 Å². The first-order chi connectivity index (χ1) is 7.51. The van der Waals surface area contributed by atoms with Crippen molar-refractivity contribution in [3.63, 3.8) is 0 Å². The first-order valence-electron chi connectivity index (χ1n) is 4.80. The van der Waals surface area contributed by atoms with Gasteiger partial charge in [0.2, 0.25) is 10.0 Å². The van der Waals surface area contributed by atoms with Crippen LogP contribution in [0.15, 0.2) is 35.2 Å². The Morgan fingerprint density at radius 2 is 1.81 bits per heavy atom. The summed E-state index contributed by atoms with van der Waals surface area (Å²) in [4.78, 5) is 10.8. The minimum absolute atomic E-state index is 0.0621. The number of sulfonamides is 1. The second kappa shape index (κ2) is 3.88. The second-order valence-corrected chi connectivity index (χ2v) is 5.61. The van der Waals surface area contributed by atoms with Crippen LogP contribution in [0.3, 0.4) is 0 Å². The van der Waals surface area contributed by atoms with Crippen LogP contribution in [-0.4, -0.2) is 36.9 Å². The maximum Gasteiger partial charge on any atom is 0.309 e. The average Bonchev–Trinajstić information content (AvgIpc) is 2.15. The van der Waals surface area contributed by atoms with Crippen molar-refractivity contribution in [2.75, 3.05) is 13.1 Å². The Hall–Kier alpha value is -1.40. The van der Waals surface area contributed by atoms with Gasteiger partial charge in [0.15, 0.2) is 0 Å². The normalized spacial score (nSPS) is 18.0. The third-order valence-electron chi connectivity index (χ3n) is 2.58. The molecule has 0 spiro atoms. The number of aliphatic carboxylic acids is 1. The smallest absolute Gasteiger partial charge is 0.309 e. The largest absolute Gasteiger partial charge is 0.481 e. The van der Waals surface area contributed by atoms with Crippen molar-refractivity contribution in [3.05, 3.63) is 30.3 Å². The molecule has 2 rings (SSSR count). The van der Waals surface area contributed by atoms with Crippen LogP contribution < -0.4 is 0 Å². The lowest BCUT2D eigenvalue weighted by molar-refractivity contribution is -0.145. The van der Waals surface area contributed by atoms with Crippen LogP contribution in [0.1, 0.15) is 0 Å². The molecule has 1 aliphatic rings. The molecule has 1 aromatic carbocycles. The van der Waals surface area contributed by atoms with Crippen LogP contribution in [-0.2, 0) is 14.8 Å². The molecule has 0 aliphatic carbocycles. The van der Waals surface area contributed by atoms with Crippen LogP contribution >= 0.6 is 0 Å². The van der Waals surface area contributed by atoms with E-state index in [1.165, 1.54) is 16.4 Å². The summed E-state index contributed by atoms with van der Waals surface area (Å²) in [7, 11) is -3.50. The molecule has 5 nitrogen and oxygen atoms in total. The number of rotatable bonds is 3. The van der Waals surface area contributed by atoms with Gasteiger partial charge >= 0.3 is 5.97 Å². The van der Waals surface area contributed by atoms with Gasteiger partial charge in [-0.3, -0.25) is 4.79 Å². The van der Waals surface area contributed by atoms with Gasteiger partial charge in [0.05, 0.1) is 10.8 Å². The number of carbonyl (C=O) groups is 1. The van der Waals surface area contributed by atoms with Crippen molar-refractivity contribution < 1.29 is 18.3 Å². The Balaban J connectivity index is 2.15. The molecule has 1 N–H and O–H groups in total. The van der Waals surface area contributed by atoms with E-state index in [1.54, 1.807) is 18.2 Å². The molecule has 86 valence electrons. The molecule has 6 heteroatoms. The fraction of sp³-hybridized carbons (Fsp3) is 0.300. The molecule has 1 fully saturated rings. The zero-order valence-corrected chi connectivity index (χ0v) is 9.22. The van der Waals surface area contributed by atoms with Crippen LogP contribution in [0.4, 0.5) is 0 Å². The molecule has 1 aliphatic heterocycles. The summed E-state index contributed by atoms with van der Waals surface area (Å²) in [5.41, 5.74) is 0. The zero-order valence-electron chi connectivity index (χ0n) is 8.41. The molecule has 0 unspecified atom stereocenters. The molecule has 1 heterocycles. The Morgan fingerprint density at radius 3 is 2.31 bits per heavy atom. The molecule has 0 radical (unpaired) electrons. The highest BCUT2D eigenvalue weighted by Crippen LogP contribution is 2.24. The fourth-order valence-electron chi connectivity index (χ4n) is 1.53. The Kier molecular flexibility index (Phi) is 2.69. The highest BCUT2D eigenvalue weighted by molar-refractivity contribution is 7.89. The van der Waals surface area contributed by atoms with Gasteiger partial charge in [0.1, 0.15) is 0 Å². The molecule has 1 saturated heterocycles. The first-order valence-corrected chi connectivity index (χ1v) is 6.24. The Bertz CT molecular complexity index is 491. The standard InChI is InChI=1S/C10H11NO4S/c12-10(13)8-6-11(7-8)16(14,15)9-4-2-1-3-5-9/h1-5,8H,6-7H2,(H,12,13). The van der Waals surface area contributed by atoms with Crippen molar-refractivity contribution in [1.29, 1.82) is 0 Å². The molecular formula is C10H11NO4S. The number of benzene rings is 1. The van der Waals surface area contributed by atoms with E-state index in [2.05, 4.69) is 0 Å². The van der Waals surface area contributed by atoms with Gasteiger partial charge in [-0.25, -0.2) is 8.42 Å². The van der Waals surface area contributed by atoms with E-state index in [0.717, 1.165) is 0 Å². The quantitative estimate of drug-likeness (QED) is 0.830. The minimum Gasteiger partial charge on any atom is -0.481 e. The predicted molar refractivity (Wildman–Crippen MR) is 56.3 cm³/mol. The summed E-state index contributed by atoms with van der Waals surface area (Å²) in [5, 5.41) is 8.67. The summed E-state index contributed by atoms with van der Waals surface area (Å²) in [6.45, 7) is 0.124. The second-order valence-electron chi connectivity index (χ2n) is 3.67. The molecular weight excluding hydrogens is 230 g/mol. The molecule has 0 amide bonds. The highest BCUT2D eigenvalue weighted by atomic mass is 32.2. The molecule has 0 aromatic heterocycles. The lowest BCUT2D eigenvalue weighted by atomic mass is 10.0. The van der Waals surface area contributed by atoms with E-state index in [9.17, 15) is 13.2 Å². The lowest BCUT2D eigenvalue weighted by Crippen LogP contribution is -2.52. The van der Waals surface area contributed by atoms with Crippen molar-refractivity contribution in [2.45, 2.75) is 4.90 Å². The van der Waals surface area contributed by atoms with E-state index in [4.69, 9.17) is 5.11 Å². The minimum atomic E-state index is -3.50. The van der Waals surface area contributed by atoms with E-state index < -0.39 is 21.9 Å². The number of carboxylic acid groups (broad SMARTS) is 1. The highest BCUT2D eigenvalue weighted by Gasteiger charge is 2.40. The Labute approximate surface area is 93.4 Å². The molecule has 1 aromatic rings. The molecule has 0 atom stereocenters. The van der Waals surface area contributed by atoms with Gasteiger partial charge in [-0.2, -0.15) is 4.31 Å². The van der Waals surface area contributed by atoms with E-state index in [1.807, 2.05) is 0 Å². The lowest BCUT2D eigenvalue weighted by Gasteiger charge is -2.35. The maximum absolute atomic E-state index is 11.9. The van der Waals surface area contributed by atoms with Gasteiger partial charge in [-0.05, 0) is 12.1 Å². The van der Waals surface area contributed by atoms with Gasteiger partial charge in [0.25, 0.3) is 0 Å². The SMILES string of the molecule is O=C(O)C1CN(S(=O)(=O)c2ccccc2)C1. The first kappa shape index (κ1) is 11.1. The predicted octanol–water partition coefficient (Wildman–Crippen LogP) is 0.392. The topological polar surface area (TPSA) is 74.7 Å². The Morgan fingerprint density at radius 1 is 1.25 bits per heavy atom. The summed E-state index contributed by atoms with van der Waals surface area (Å²) < 4.78 is 25.0. The zero-order chi connectivity index (χ0) is 11.8. The van der Waals surface area contributed by atoms with E-state index in [0.29, 0.717) is 0 Å². The number of carboxylic acids is 1. The summed E-state index contributed by atoms with van der Waals surface area (Å²) >= 11 is 0. The van der Waals surface area contributed by atoms with Crippen molar-refractivity contribution >= 4 is 16.0 Å². The number of hydrogen-bond donors (Lipinski definition) is 1.